The smallest absolute Gasteiger partial charge is 0.382 e. The second-order valence-corrected chi connectivity index (χ2v) is 8.09. The summed E-state index contributed by atoms with van der Waals surface area (Å²) in [6.45, 7) is 3.50. The Kier molecular flexibility index (Phi) is 5.01. The molecule has 2 aliphatic rings. The van der Waals surface area contributed by atoms with Gasteiger partial charge in [0, 0.05) is 13.0 Å². The van der Waals surface area contributed by atoms with Crippen LogP contribution in [0, 0.1) is 6.92 Å². The standard InChI is InChI=1S/C17H22N5O4P/c1-12-3-2-4-13(9-12)14-5-7-24-27(23,26-14)25-8-6-22-11-21-15-16(18)19-10-20-17(15)22/h2-4,9-10,14,21H,5-8,11H2,1H3,(H2,18,19,20). The van der Waals surface area contributed by atoms with Gasteiger partial charge < -0.3 is 16.0 Å². The quantitative estimate of drug-likeness (QED) is 0.743. The lowest BCUT2D eigenvalue weighted by Crippen LogP contribution is -2.28. The van der Waals surface area contributed by atoms with Crippen LogP contribution in [0.4, 0.5) is 17.3 Å². The van der Waals surface area contributed by atoms with Crippen molar-refractivity contribution in [3.05, 3.63) is 41.7 Å². The fourth-order valence-corrected chi connectivity index (χ4v) is 4.54. The zero-order valence-corrected chi connectivity index (χ0v) is 15.9. The molecule has 144 valence electrons. The minimum atomic E-state index is -3.61. The lowest BCUT2D eigenvalue weighted by Gasteiger charge is -2.29. The van der Waals surface area contributed by atoms with Crippen LogP contribution in [0.2, 0.25) is 0 Å². The Morgan fingerprint density at radius 1 is 1.44 bits per heavy atom. The van der Waals surface area contributed by atoms with Crippen LogP contribution in [-0.2, 0) is 18.1 Å². The molecule has 0 spiro atoms. The summed E-state index contributed by atoms with van der Waals surface area (Å²) in [6, 6.07) is 7.96. The second-order valence-electron chi connectivity index (χ2n) is 6.47. The number of phosphoric ester groups is 1. The highest BCUT2D eigenvalue weighted by Crippen LogP contribution is 2.56. The van der Waals surface area contributed by atoms with E-state index in [1.807, 2.05) is 36.1 Å². The lowest BCUT2D eigenvalue weighted by molar-refractivity contribution is 0.0294. The van der Waals surface area contributed by atoms with E-state index in [9.17, 15) is 4.57 Å². The van der Waals surface area contributed by atoms with Gasteiger partial charge in [0.1, 0.15) is 12.0 Å². The Balaban J connectivity index is 1.36. The summed E-state index contributed by atoms with van der Waals surface area (Å²) in [4.78, 5) is 10.1. The maximum atomic E-state index is 12.8. The molecular formula is C17H22N5O4P. The number of aryl methyl sites for hydroxylation is 1. The van der Waals surface area contributed by atoms with E-state index in [1.54, 1.807) is 0 Å². The summed E-state index contributed by atoms with van der Waals surface area (Å²) in [6.07, 6.45) is 1.75. The molecule has 1 aromatic carbocycles. The van der Waals surface area contributed by atoms with Gasteiger partial charge in [0.05, 0.1) is 26.0 Å². The first kappa shape index (κ1) is 18.2. The number of nitrogens with two attached hydrogens (primary N) is 1. The molecule has 10 heteroatoms. The number of rotatable bonds is 5. The highest BCUT2D eigenvalue weighted by molar-refractivity contribution is 7.48. The molecule has 3 heterocycles. The van der Waals surface area contributed by atoms with Gasteiger partial charge in [0.25, 0.3) is 0 Å². The van der Waals surface area contributed by atoms with Crippen LogP contribution in [0.1, 0.15) is 23.7 Å². The molecule has 0 amide bonds. The number of phosphoric acid groups is 1. The monoisotopic (exact) mass is 391 g/mol. The molecule has 4 rings (SSSR count). The van der Waals surface area contributed by atoms with Crippen LogP contribution in [-0.4, -0.2) is 36.4 Å². The van der Waals surface area contributed by atoms with Crippen LogP contribution < -0.4 is 16.0 Å². The largest absolute Gasteiger partial charge is 0.475 e. The molecule has 2 aromatic rings. The number of aromatic nitrogens is 2. The van der Waals surface area contributed by atoms with Gasteiger partial charge in [-0.15, -0.1) is 0 Å². The summed E-state index contributed by atoms with van der Waals surface area (Å²) >= 11 is 0. The summed E-state index contributed by atoms with van der Waals surface area (Å²) in [5, 5.41) is 3.14. The zero-order chi connectivity index (χ0) is 18.9. The fraction of sp³-hybridized carbons (Fsp3) is 0.412. The highest BCUT2D eigenvalue weighted by atomic mass is 31.2. The van der Waals surface area contributed by atoms with Gasteiger partial charge in [-0.05, 0) is 12.5 Å². The predicted molar refractivity (Wildman–Crippen MR) is 101 cm³/mol. The normalized spacial score (nSPS) is 24.5. The Bertz CT molecular complexity index is 880. The van der Waals surface area contributed by atoms with Gasteiger partial charge in [-0.3, -0.25) is 13.6 Å². The molecule has 1 saturated heterocycles. The van der Waals surface area contributed by atoms with Crippen LogP contribution >= 0.6 is 7.82 Å². The molecular weight excluding hydrogens is 369 g/mol. The number of nitrogens with one attached hydrogen (secondary N) is 1. The predicted octanol–water partition coefficient (Wildman–Crippen LogP) is 2.86. The van der Waals surface area contributed by atoms with Crippen molar-refractivity contribution in [2.45, 2.75) is 19.4 Å². The van der Waals surface area contributed by atoms with Crippen molar-refractivity contribution in [1.29, 1.82) is 0 Å². The number of nitrogens with zero attached hydrogens (tertiary/aromatic N) is 3. The van der Waals surface area contributed by atoms with Gasteiger partial charge in [0.15, 0.2) is 11.6 Å². The van der Waals surface area contributed by atoms with Gasteiger partial charge in [-0.25, -0.2) is 14.5 Å². The van der Waals surface area contributed by atoms with E-state index in [2.05, 4.69) is 15.3 Å². The van der Waals surface area contributed by atoms with E-state index in [-0.39, 0.29) is 12.7 Å². The number of nitrogen functional groups attached to an aromatic ring is 1. The van der Waals surface area contributed by atoms with Gasteiger partial charge >= 0.3 is 7.82 Å². The van der Waals surface area contributed by atoms with Gasteiger partial charge in [0.2, 0.25) is 0 Å². The van der Waals surface area contributed by atoms with Crippen molar-refractivity contribution < 1.29 is 18.1 Å². The molecule has 0 saturated carbocycles. The van der Waals surface area contributed by atoms with Crippen LogP contribution in [0.15, 0.2) is 30.6 Å². The molecule has 2 unspecified atom stereocenters. The number of hydrogen-bond donors (Lipinski definition) is 2. The first-order valence-corrected chi connectivity index (χ1v) is 10.2. The number of anilines is 3. The minimum Gasteiger partial charge on any atom is -0.382 e. The maximum absolute atomic E-state index is 12.8. The molecule has 27 heavy (non-hydrogen) atoms. The Labute approximate surface area is 157 Å². The molecule has 0 bridgehead atoms. The summed E-state index contributed by atoms with van der Waals surface area (Å²) in [5.74, 6) is 1.10. The Hall–Kier alpha value is -2.19. The molecule has 9 nitrogen and oxygen atoms in total. The van der Waals surface area contributed by atoms with E-state index in [4.69, 9.17) is 19.3 Å². The van der Waals surface area contributed by atoms with Crippen molar-refractivity contribution in [1.82, 2.24) is 9.97 Å². The molecule has 3 N–H and O–H groups in total. The SMILES string of the molecule is Cc1cccc(C2CCOP(=O)(OCCN3CNc4c(N)ncnc43)O2)c1. The molecule has 0 radical (unpaired) electrons. The Morgan fingerprint density at radius 2 is 2.33 bits per heavy atom. The zero-order valence-electron chi connectivity index (χ0n) is 15.0. The third-order valence-electron chi connectivity index (χ3n) is 4.51. The van der Waals surface area contributed by atoms with E-state index in [0.717, 1.165) is 11.1 Å². The molecule has 1 fully saturated rings. The molecule has 2 atom stereocenters. The topological polar surface area (TPSA) is 112 Å². The van der Waals surface area contributed by atoms with Gasteiger partial charge in [-0.1, -0.05) is 29.8 Å². The Morgan fingerprint density at radius 3 is 3.19 bits per heavy atom. The van der Waals surface area contributed by atoms with Crippen molar-refractivity contribution >= 4 is 25.1 Å². The number of hydrogen-bond acceptors (Lipinski definition) is 9. The third-order valence-corrected chi connectivity index (χ3v) is 6.02. The number of fused-ring (bicyclic) bond motifs is 1. The van der Waals surface area contributed by atoms with Crippen molar-refractivity contribution in [2.75, 3.05) is 42.4 Å². The van der Waals surface area contributed by atoms with Gasteiger partial charge in [-0.2, -0.15) is 0 Å². The van der Waals surface area contributed by atoms with Crippen LogP contribution in [0.5, 0.6) is 0 Å². The summed E-state index contributed by atoms with van der Waals surface area (Å²) in [5.41, 5.74) is 8.63. The molecule has 0 aliphatic carbocycles. The summed E-state index contributed by atoms with van der Waals surface area (Å²) < 4.78 is 29.4. The third kappa shape index (κ3) is 3.91. The average molecular weight is 391 g/mol. The van der Waals surface area contributed by atoms with Crippen molar-refractivity contribution in [3.63, 3.8) is 0 Å². The van der Waals surface area contributed by atoms with E-state index in [1.165, 1.54) is 6.33 Å². The van der Waals surface area contributed by atoms with Crippen molar-refractivity contribution in [2.24, 2.45) is 0 Å². The van der Waals surface area contributed by atoms with E-state index in [0.29, 0.717) is 43.6 Å². The molecule has 2 aliphatic heterocycles. The summed E-state index contributed by atoms with van der Waals surface area (Å²) in [7, 11) is -3.61. The second kappa shape index (κ2) is 7.44. The van der Waals surface area contributed by atoms with Crippen molar-refractivity contribution in [3.8, 4) is 0 Å². The first-order chi connectivity index (χ1) is 13.0. The fourth-order valence-electron chi connectivity index (χ4n) is 3.17. The van der Waals surface area contributed by atoms with Crippen LogP contribution in [0.3, 0.4) is 0 Å². The average Bonchev–Trinajstić information content (AvgIpc) is 3.06. The van der Waals surface area contributed by atoms with E-state index < -0.39 is 7.82 Å². The van der Waals surface area contributed by atoms with Crippen LogP contribution in [0.25, 0.3) is 0 Å². The molecule has 1 aromatic heterocycles. The highest BCUT2D eigenvalue weighted by Gasteiger charge is 2.36. The number of benzene rings is 1. The first-order valence-electron chi connectivity index (χ1n) is 8.77. The lowest BCUT2D eigenvalue weighted by atomic mass is 10.0. The maximum Gasteiger partial charge on any atom is 0.475 e. The minimum absolute atomic E-state index is 0.169. The van der Waals surface area contributed by atoms with E-state index >= 15 is 0 Å².